The van der Waals surface area contributed by atoms with Crippen molar-refractivity contribution < 1.29 is 51.0 Å². The molecule has 0 spiro atoms. The van der Waals surface area contributed by atoms with E-state index in [0.29, 0.717) is 0 Å². The molecule has 0 aliphatic carbocycles. The second kappa shape index (κ2) is 18.9. The van der Waals surface area contributed by atoms with Gasteiger partial charge < -0.3 is 24.8 Å². The topological polar surface area (TPSA) is 0 Å². The van der Waals surface area contributed by atoms with E-state index >= 15 is 0 Å². The van der Waals surface area contributed by atoms with E-state index in [9.17, 15) is 0 Å². The first-order valence-corrected chi connectivity index (χ1v) is 13.9. The van der Waals surface area contributed by atoms with Crippen molar-refractivity contribution in [2.24, 2.45) is 0 Å². The third-order valence-electron chi connectivity index (χ3n) is 1.95. The molecule has 0 aromatic rings. The van der Waals surface area contributed by atoms with Crippen LogP contribution in [0.15, 0.2) is 36.5 Å². The van der Waals surface area contributed by atoms with Crippen molar-refractivity contribution in [2.45, 2.75) is 51.4 Å². The maximum atomic E-state index is 5.16. The minimum Gasteiger partial charge on any atom is -1.00 e. The average Bonchev–Trinajstić information content (AvgIpc) is 2.16. The summed E-state index contributed by atoms with van der Waals surface area (Å²) in [4.78, 5) is 0. The van der Waals surface area contributed by atoms with Crippen LogP contribution in [0.2, 0.25) is 51.4 Å². The Morgan fingerprint density at radius 3 is 1.05 bits per heavy atom. The number of rotatable bonds is 6. The molecule has 0 aliphatic heterocycles. The predicted octanol–water partition coefficient (Wildman–Crippen LogP) is -0.255. The number of hydrogen-bond acceptors (Lipinski definition) is 0. The summed E-state index contributed by atoms with van der Waals surface area (Å²) >= 11 is 0. The third kappa shape index (κ3) is 44.9. The second-order valence-corrected chi connectivity index (χ2v) is 17.8. The molecule has 0 atom stereocenters. The van der Waals surface area contributed by atoms with Crippen molar-refractivity contribution in [3.63, 3.8) is 0 Å². The van der Waals surface area contributed by atoms with Crippen LogP contribution < -0.4 is 24.8 Å². The van der Waals surface area contributed by atoms with Gasteiger partial charge in [-0.15, -0.1) is 0 Å². The molecular weight excluding hydrogens is 410 g/mol. The maximum Gasteiger partial charge on any atom is 4.00 e. The zero-order valence-electron chi connectivity index (χ0n) is 14.3. The molecule has 0 saturated carbocycles. The molecule has 0 aliphatic rings. The van der Waals surface area contributed by atoms with Gasteiger partial charge in [-0.25, -0.2) is 24.3 Å². The molecule has 0 radical (unpaired) electrons. The van der Waals surface area contributed by atoms with Gasteiger partial charge in [0.25, 0.3) is 0 Å². The fraction of sp³-hybridized carbons (Fsp3) is 0.500. The number of halogens is 2. The van der Waals surface area contributed by atoms with Crippen LogP contribution in [0.4, 0.5) is 0 Å². The van der Waals surface area contributed by atoms with Gasteiger partial charge in [0.2, 0.25) is 0 Å². The number of allylic oxidation sites excluding steroid dienone is 6. The van der Waals surface area contributed by atoms with Crippen LogP contribution in [-0.2, 0) is 26.2 Å². The summed E-state index contributed by atoms with van der Waals surface area (Å²) in [5.41, 5.74) is 0. The first kappa shape index (κ1) is 33.5. The van der Waals surface area contributed by atoms with Crippen molar-refractivity contribution in [1.82, 2.24) is 0 Å². The molecule has 5 heteroatoms. The second-order valence-electron chi connectivity index (χ2n) is 6.77. The fourth-order valence-electron chi connectivity index (χ4n) is 1.00. The Kier molecular flexibility index (Phi) is 30.1. The van der Waals surface area contributed by atoms with Crippen molar-refractivity contribution in [1.29, 1.82) is 0 Å². The molecule has 0 rings (SSSR count). The van der Waals surface area contributed by atoms with Crippen LogP contribution in [0.3, 0.4) is 0 Å². The van der Waals surface area contributed by atoms with Crippen molar-refractivity contribution >= 4 is 16.1 Å². The first-order valence-electron chi connectivity index (χ1n) is 6.52. The SMILES string of the molecule is [CH-]=CC=CC[Si](C)(C)C.[CH-]=CC=CC[Si](C)(C)C.[Cl-].[Cl-].[Zr+4]. The van der Waals surface area contributed by atoms with Gasteiger partial charge in [0.15, 0.2) is 0 Å². The molecule has 0 heterocycles. The van der Waals surface area contributed by atoms with Gasteiger partial charge >= 0.3 is 26.2 Å². The zero-order chi connectivity index (χ0) is 14.7. The van der Waals surface area contributed by atoms with E-state index in [1.54, 1.807) is 12.2 Å². The molecule has 0 aromatic heterocycles. The molecule has 120 valence electrons. The minimum absolute atomic E-state index is 0. The van der Waals surface area contributed by atoms with Crippen LogP contribution in [0.5, 0.6) is 0 Å². The van der Waals surface area contributed by atoms with E-state index in [-0.39, 0.29) is 51.0 Å². The molecule has 0 nitrogen and oxygen atoms in total. The summed E-state index contributed by atoms with van der Waals surface area (Å²) in [5.74, 6) is 0. The van der Waals surface area contributed by atoms with E-state index in [4.69, 9.17) is 13.2 Å². The van der Waals surface area contributed by atoms with Crippen molar-refractivity contribution in [3.8, 4) is 0 Å². The van der Waals surface area contributed by atoms with E-state index in [0.717, 1.165) is 0 Å². The first-order chi connectivity index (χ1) is 8.12. The van der Waals surface area contributed by atoms with Gasteiger partial charge in [-0.3, -0.25) is 13.2 Å². The molecule has 0 fully saturated rings. The van der Waals surface area contributed by atoms with Gasteiger partial charge in [-0.05, 0) is 0 Å². The summed E-state index contributed by atoms with van der Waals surface area (Å²) in [5, 5.41) is 0. The van der Waals surface area contributed by atoms with Crippen LogP contribution in [-0.4, -0.2) is 16.1 Å². The summed E-state index contributed by atoms with van der Waals surface area (Å²) in [6.45, 7) is 24.4. The fourth-order valence-corrected chi connectivity index (χ4v) is 2.69. The quantitative estimate of drug-likeness (QED) is 0.304. The van der Waals surface area contributed by atoms with Crippen molar-refractivity contribution in [2.75, 3.05) is 0 Å². The summed E-state index contributed by atoms with van der Waals surface area (Å²) in [6, 6.07) is 2.45. The molecular formula is C16H30Cl2Si2Zr. The Bertz CT molecular complexity index is 258. The van der Waals surface area contributed by atoms with Gasteiger partial charge in [0.05, 0.1) is 0 Å². The van der Waals surface area contributed by atoms with Crippen molar-refractivity contribution in [3.05, 3.63) is 49.6 Å². The minimum atomic E-state index is -0.857. The molecule has 0 N–H and O–H groups in total. The van der Waals surface area contributed by atoms with Crippen LogP contribution in [0, 0.1) is 13.2 Å². The Labute approximate surface area is 167 Å². The van der Waals surface area contributed by atoms with Gasteiger partial charge in [-0.2, -0.15) is 12.2 Å². The Morgan fingerprint density at radius 2 is 0.905 bits per heavy atom. The third-order valence-corrected chi connectivity index (χ3v) is 4.88. The van der Waals surface area contributed by atoms with Crippen LogP contribution in [0.1, 0.15) is 0 Å². The summed E-state index contributed by atoms with van der Waals surface area (Å²) in [6.07, 6.45) is 11.3. The van der Waals surface area contributed by atoms with Gasteiger partial charge in [0.1, 0.15) is 0 Å². The zero-order valence-corrected chi connectivity index (χ0v) is 20.3. The summed E-state index contributed by atoms with van der Waals surface area (Å²) in [7, 11) is -1.71. The van der Waals surface area contributed by atoms with Crippen LogP contribution in [0.25, 0.3) is 0 Å². The Balaban J connectivity index is -0.0000000711. The molecule has 0 aromatic carbocycles. The Morgan fingerprint density at radius 1 is 0.667 bits per heavy atom. The molecule has 21 heavy (non-hydrogen) atoms. The normalized spacial score (nSPS) is 10.6. The van der Waals surface area contributed by atoms with Crippen LogP contribution >= 0.6 is 0 Å². The van der Waals surface area contributed by atoms with Gasteiger partial charge in [0, 0.05) is 16.1 Å². The van der Waals surface area contributed by atoms with E-state index in [1.807, 2.05) is 12.2 Å². The maximum absolute atomic E-state index is 5.16. The molecule has 0 amide bonds. The standard InChI is InChI=1S/2C8H15Si.2ClH.Zr/c2*1-5-6-7-8-9(2,3)4;;;/h2*1,5-7H,8H2,2-4H3;2*1H;/q2*-1;;;+4/p-2. The predicted molar refractivity (Wildman–Crippen MR) is 92.3 cm³/mol. The van der Waals surface area contributed by atoms with Gasteiger partial charge in [-0.1, -0.05) is 51.4 Å². The molecule has 0 saturated heterocycles. The average molecular weight is 441 g/mol. The van der Waals surface area contributed by atoms with E-state index in [2.05, 4.69) is 51.4 Å². The number of hydrogen-bond donors (Lipinski definition) is 0. The smallest absolute Gasteiger partial charge is 1.00 e. The molecule has 0 bridgehead atoms. The monoisotopic (exact) mass is 438 g/mol. The van der Waals surface area contributed by atoms with E-state index in [1.165, 1.54) is 12.1 Å². The largest absolute Gasteiger partial charge is 4.00 e. The summed E-state index contributed by atoms with van der Waals surface area (Å²) < 4.78 is 0. The van der Waals surface area contributed by atoms with E-state index < -0.39 is 16.1 Å². The Hall–Kier alpha value is 0.857. The molecule has 0 unspecified atom stereocenters.